The van der Waals surface area contributed by atoms with Gasteiger partial charge in [-0.15, -0.1) is 0 Å². The van der Waals surface area contributed by atoms with E-state index in [0.29, 0.717) is 11.7 Å². The van der Waals surface area contributed by atoms with Gasteiger partial charge in [0.25, 0.3) is 5.89 Å². The smallest absolute Gasteiger partial charge is 0.276 e. The van der Waals surface area contributed by atoms with Gasteiger partial charge in [-0.3, -0.25) is 4.68 Å². The third-order valence-corrected chi connectivity index (χ3v) is 2.72. The average molecular weight is 235 g/mol. The number of hydrogen-bond donors (Lipinski definition) is 1. The molecular formula is C11H17N5O. The minimum atomic E-state index is -0.175. The van der Waals surface area contributed by atoms with Crippen LogP contribution in [-0.4, -0.2) is 19.9 Å². The molecule has 1 atom stereocenters. The first-order valence-corrected chi connectivity index (χ1v) is 5.78. The Morgan fingerprint density at radius 3 is 2.82 bits per heavy atom. The van der Waals surface area contributed by atoms with E-state index in [4.69, 9.17) is 10.3 Å². The predicted octanol–water partition coefficient (Wildman–Crippen LogP) is 1.44. The minimum absolute atomic E-state index is 0.175. The van der Waals surface area contributed by atoms with Crippen molar-refractivity contribution >= 4 is 0 Å². The summed E-state index contributed by atoms with van der Waals surface area (Å²) in [5.41, 5.74) is 7.67. The van der Waals surface area contributed by atoms with Crippen molar-refractivity contribution in [3.05, 3.63) is 17.6 Å². The summed E-state index contributed by atoms with van der Waals surface area (Å²) < 4.78 is 6.95. The van der Waals surface area contributed by atoms with Gasteiger partial charge in [-0.25, -0.2) is 0 Å². The van der Waals surface area contributed by atoms with Crippen molar-refractivity contribution in [1.82, 2.24) is 19.9 Å². The molecule has 0 spiro atoms. The molecule has 2 heterocycles. The minimum Gasteiger partial charge on any atom is -0.332 e. The maximum Gasteiger partial charge on any atom is 0.276 e. The molecule has 0 aliphatic carbocycles. The second-order valence-corrected chi connectivity index (χ2v) is 3.97. The lowest BCUT2D eigenvalue weighted by atomic mass is 10.2. The topological polar surface area (TPSA) is 82.8 Å². The van der Waals surface area contributed by atoms with Gasteiger partial charge < -0.3 is 10.3 Å². The van der Waals surface area contributed by atoms with Gasteiger partial charge in [0.15, 0.2) is 5.82 Å². The second-order valence-electron chi connectivity index (χ2n) is 3.97. The monoisotopic (exact) mass is 235 g/mol. The number of aromatic nitrogens is 4. The average Bonchev–Trinajstić information content (AvgIpc) is 2.94. The number of nitrogens with zero attached hydrogens (tertiary/aromatic N) is 4. The summed E-state index contributed by atoms with van der Waals surface area (Å²) in [6, 6.07) is 1.78. The van der Waals surface area contributed by atoms with Crippen molar-refractivity contribution in [3.63, 3.8) is 0 Å². The molecule has 1 unspecified atom stereocenters. The molecule has 92 valence electrons. The number of hydrogen-bond acceptors (Lipinski definition) is 5. The Kier molecular flexibility index (Phi) is 3.23. The normalized spacial score (nSPS) is 12.9. The van der Waals surface area contributed by atoms with Crippen molar-refractivity contribution in [1.29, 1.82) is 0 Å². The second kappa shape index (κ2) is 4.67. The van der Waals surface area contributed by atoms with Crippen LogP contribution in [0.4, 0.5) is 0 Å². The highest BCUT2D eigenvalue weighted by atomic mass is 16.5. The first-order chi connectivity index (χ1) is 8.15. The van der Waals surface area contributed by atoms with Gasteiger partial charge in [-0.05, 0) is 18.9 Å². The van der Waals surface area contributed by atoms with Crippen molar-refractivity contribution < 1.29 is 4.52 Å². The van der Waals surface area contributed by atoms with E-state index in [-0.39, 0.29) is 6.04 Å². The van der Waals surface area contributed by atoms with Crippen LogP contribution in [0.3, 0.4) is 0 Å². The molecule has 2 N–H and O–H groups in total. The molecule has 17 heavy (non-hydrogen) atoms. The Bertz CT molecular complexity index is 502. The lowest BCUT2D eigenvalue weighted by Crippen LogP contribution is -2.10. The molecule has 2 aromatic rings. The maximum absolute atomic E-state index is 5.85. The summed E-state index contributed by atoms with van der Waals surface area (Å²) in [7, 11) is 1.86. The van der Waals surface area contributed by atoms with Gasteiger partial charge in [0, 0.05) is 7.05 Å². The van der Waals surface area contributed by atoms with E-state index < -0.39 is 0 Å². The zero-order chi connectivity index (χ0) is 12.4. The highest BCUT2D eigenvalue weighted by Crippen LogP contribution is 2.20. The molecule has 0 amide bonds. The van der Waals surface area contributed by atoms with Gasteiger partial charge >= 0.3 is 0 Å². The summed E-state index contributed by atoms with van der Waals surface area (Å²) in [5, 5.41) is 8.22. The highest BCUT2D eigenvalue weighted by Gasteiger charge is 2.16. The summed E-state index contributed by atoms with van der Waals surface area (Å²) in [6.45, 7) is 4.04. The molecule has 0 bridgehead atoms. The fourth-order valence-electron chi connectivity index (χ4n) is 1.57. The van der Waals surface area contributed by atoms with E-state index in [1.807, 2.05) is 20.0 Å². The van der Waals surface area contributed by atoms with Crippen molar-refractivity contribution in [3.8, 4) is 11.6 Å². The molecule has 0 aliphatic heterocycles. The first kappa shape index (κ1) is 11.8. The highest BCUT2D eigenvalue weighted by molar-refractivity contribution is 5.47. The lowest BCUT2D eigenvalue weighted by Gasteiger charge is -1.99. The molecule has 2 rings (SSSR count). The van der Waals surface area contributed by atoms with Crippen LogP contribution in [0.25, 0.3) is 11.6 Å². The van der Waals surface area contributed by atoms with Gasteiger partial charge in [0.2, 0.25) is 0 Å². The molecule has 6 nitrogen and oxygen atoms in total. The molecule has 0 saturated heterocycles. The van der Waals surface area contributed by atoms with Gasteiger partial charge in [-0.2, -0.15) is 10.1 Å². The van der Waals surface area contributed by atoms with Gasteiger partial charge in [0.05, 0.1) is 11.7 Å². The zero-order valence-electron chi connectivity index (χ0n) is 10.3. The summed E-state index contributed by atoms with van der Waals surface area (Å²) in [4.78, 5) is 4.30. The van der Waals surface area contributed by atoms with Crippen LogP contribution in [0.2, 0.25) is 0 Å². The van der Waals surface area contributed by atoms with E-state index >= 15 is 0 Å². The van der Waals surface area contributed by atoms with Crippen LogP contribution < -0.4 is 5.73 Å². The summed E-state index contributed by atoms with van der Waals surface area (Å²) in [5.74, 6) is 1.01. The molecule has 0 aromatic carbocycles. The van der Waals surface area contributed by atoms with E-state index in [1.54, 1.807) is 4.68 Å². The Morgan fingerprint density at radius 2 is 2.24 bits per heavy atom. The molecule has 0 aliphatic rings. The van der Waals surface area contributed by atoms with Crippen LogP contribution in [-0.2, 0) is 13.5 Å². The summed E-state index contributed by atoms with van der Waals surface area (Å²) in [6.07, 6.45) is 1.66. The Morgan fingerprint density at radius 1 is 1.47 bits per heavy atom. The fourth-order valence-corrected chi connectivity index (χ4v) is 1.57. The van der Waals surface area contributed by atoms with Crippen molar-refractivity contribution in [2.75, 3.05) is 0 Å². The van der Waals surface area contributed by atoms with Crippen molar-refractivity contribution in [2.45, 2.75) is 32.7 Å². The maximum atomic E-state index is 5.85. The third kappa shape index (κ3) is 2.21. The van der Waals surface area contributed by atoms with E-state index in [2.05, 4.69) is 22.2 Å². The van der Waals surface area contributed by atoms with Gasteiger partial charge in [-0.1, -0.05) is 19.0 Å². The van der Waals surface area contributed by atoms with Crippen LogP contribution in [0.15, 0.2) is 10.6 Å². The Balaban J connectivity index is 2.33. The molecule has 0 saturated carbocycles. The zero-order valence-corrected chi connectivity index (χ0v) is 10.3. The molecule has 6 heteroatoms. The standard InChI is InChI=1S/C11H17N5O/c1-4-7-6-9(16(3)14-7)11-13-10(15-17-11)8(12)5-2/h6,8H,4-5,12H2,1-3H3. The number of aryl methyl sites for hydroxylation is 2. The largest absolute Gasteiger partial charge is 0.332 e. The number of rotatable bonds is 4. The van der Waals surface area contributed by atoms with Gasteiger partial charge in [0.1, 0.15) is 5.69 Å². The van der Waals surface area contributed by atoms with E-state index in [0.717, 1.165) is 24.2 Å². The molecule has 2 aromatic heterocycles. The first-order valence-electron chi connectivity index (χ1n) is 5.78. The van der Waals surface area contributed by atoms with Crippen molar-refractivity contribution in [2.24, 2.45) is 12.8 Å². The molecule has 0 radical (unpaired) electrons. The number of nitrogens with two attached hydrogens (primary N) is 1. The molecule has 0 fully saturated rings. The third-order valence-electron chi connectivity index (χ3n) is 2.72. The van der Waals surface area contributed by atoms with Crippen LogP contribution >= 0.6 is 0 Å². The quantitative estimate of drug-likeness (QED) is 0.867. The fraction of sp³-hybridized carbons (Fsp3) is 0.545. The lowest BCUT2D eigenvalue weighted by molar-refractivity contribution is 0.412. The van der Waals surface area contributed by atoms with Crippen LogP contribution in [0.5, 0.6) is 0 Å². The van der Waals surface area contributed by atoms with Crippen LogP contribution in [0, 0.1) is 0 Å². The van der Waals surface area contributed by atoms with E-state index in [1.165, 1.54) is 0 Å². The SMILES string of the molecule is CCc1cc(-c2nc(C(N)CC)no2)n(C)n1. The van der Waals surface area contributed by atoms with E-state index in [9.17, 15) is 0 Å². The Hall–Kier alpha value is -1.69. The Labute approximate surface area is 99.8 Å². The summed E-state index contributed by atoms with van der Waals surface area (Å²) >= 11 is 0. The molecular weight excluding hydrogens is 218 g/mol. The predicted molar refractivity (Wildman–Crippen MR) is 63.1 cm³/mol. The van der Waals surface area contributed by atoms with Crippen LogP contribution in [0.1, 0.15) is 37.8 Å².